The second-order valence-electron chi connectivity index (χ2n) is 3.64. The summed E-state index contributed by atoms with van der Waals surface area (Å²) >= 11 is 0. The van der Waals surface area contributed by atoms with Crippen molar-refractivity contribution >= 4 is 0 Å². The molecule has 0 aliphatic rings. The minimum Gasteiger partial charge on any atom is -0.456 e. The fourth-order valence-electron chi connectivity index (χ4n) is 1.45. The van der Waals surface area contributed by atoms with Gasteiger partial charge in [-0.2, -0.15) is 0 Å². The third kappa shape index (κ3) is 2.14. The Balaban J connectivity index is 2.19. The predicted molar refractivity (Wildman–Crippen MR) is 58.8 cm³/mol. The number of aryl methyl sites for hydroxylation is 1. The van der Waals surface area contributed by atoms with Gasteiger partial charge in [0.1, 0.15) is 5.76 Å². The summed E-state index contributed by atoms with van der Waals surface area (Å²) < 4.78 is 10.9. The third-order valence-corrected chi connectivity index (χ3v) is 2.27. The van der Waals surface area contributed by atoms with Gasteiger partial charge in [0.2, 0.25) is 5.89 Å². The van der Waals surface area contributed by atoms with Crippen molar-refractivity contribution in [3.8, 4) is 11.7 Å². The Hall–Kier alpha value is -1.62. The highest BCUT2D eigenvalue weighted by Crippen LogP contribution is 2.22. The van der Waals surface area contributed by atoms with Crippen LogP contribution in [0.15, 0.2) is 21.0 Å². The Morgan fingerprint density at radius 3 is 2.75 bits per heavy atom. The van der Waals surface area contributed by atoms with Gasteiger partial charge in [-0.25, -0.2) is 0 Å². The lowest BCUT2D eigenvalue weighted by Gasteiger charge is -2.05. The molecule has 0 fully saturated rings. The summed E-state index contributed by atoms with van der Waals surface area (Å²) in [6.07, 6.45) is 0. The first-order valence-electron chi connectivity index (χ1n) is 5.34. The van der Waals surface area contributed by atoms with E-state index >= 15 is 0 Å². The molecule has 86 valence electrons. The minimum atomic E-state index is 0.0577. The summed E-state index contributed by atoms with van der Waals surface area (Å²) in [6.45, 7) is 6.75. The van der Waals surface area contributed by atoms with Gasteiger partial charge in [-0.1, -0.05) is 6.92 Å². The van der Waals surface area contributed by atoms with E-state index in [1.165, 1.54) is 0 Å². The van der Waals surface area contributed by atoms with Crippen LogP contribution in [0.4, 0.5) is 0 Å². The van der Waals surface area contributed by atoms with Crippen molar-refractivity contribution in [2.45, 2.75) is 26.8 Å². The molecular formula is C11H15N3O2. The molecular weight excluding hydrogens is 206 g/mol. The molecule has 2 aromatic heterocycles. The van der Waals surface area contributed by atoms with Gasteiger partial charge in [0.05, 0.1) is 6.04 Å². The fourth-order valence-corrected chi connectivity index (χ4v) is 1.45. The van der Waals surface area contributed by atoms with Gasteiger partial charge in [-0.05, 0) is 32.5 Å². The summed E-state index contributed by atoms with van der Waals surface area (Å²) in [7, 11) is 0. The summed E-state index contributed by atoms with van der Waals surface area (Å²) in [6, 6.07) is 3.75. The second-order valence-corrected chi connectivity index (χ2v) is 3.64. The molecule has 1 N–H and O–H groups in total. The van der Waals surface area contributed by atoms with Gasteiger partial charge in [-0.3, -0.25) is 0 Å². The highest BCUT2D eigenvalue weighted by atomic mass is 16.4. The highest BCUT2D eigenvalue weighted by Gasteiger charge is 2.15. The SMILES string of the molecule is CCNC(C)c1nnc(-c2ccc(C)o2)o1. The standard InChI is InChI=1S/C11H15N3O2/c1-4-12-8(3)10-13-14-11(16-10)9-6-5-7(2)15-9/h5-6,8,12H,4H2,1-3H3. The first-order valence-corrected chi connectivity index (χ1v) is 5.34. The van der Waals surface area contributed by atoms with Crippen LogP contribution in [-0.4, -0.2) is 16.7 Å². The quantitative estimate of drug-likeness (QED) is 0.858. The number of aromatic nitrogens is 2. The summed E-state index contributed by atoms with van der Waals surface area (Å²) in [5.74, 6) is 2.44. The van der Waals surface area contributed by atoms with Crippen molar-refractivity contribution in [1.82, 2.24) is 15.5 Å². The molecule has 2 rings (SSSR count). The van der Waals surface area contributed by atoms with E-state index in [1.807, 2.05) is 32.9 Å². The predicted octanol–water partition coefficient (Wildman–Crippen LogP) is 2.31. The average molecular weight is 221 g/mol. The smallest absolute Gasteiger partial charge is 0.283 e. The van der Waals surface area contributed by atoms with Gasteiger partial charge in [0.25, 0.3) is 5.89 Å². The van der Waals surface area contributed by atoms with E-state index in [9.17, 15) is 0 Å². The van der Waals surface area contributed by atoms with Crippen molar-refractivity contribution in [2.75, 3.05) is 6.54 Å². The van der Waals surface area contributed by atoms with Gasteiger partial charge in [0, 0.05) is 0 Å². The van der Waals surface area contributed by atoms with Gasteiger partial charge >= 0.3 is 0 Å². The number of nitrogens with zero attached hydrogens (tertiary/aromatic N) is 2. The molecule has 0 aliphatic heterocycles. The van der Waals surface area contributed by atoms with E-state index in [-0.39, 0.29) is 6.04 Å². The summed E-state index contributed by atoms with van der Waals surface area (Å²) in [4.78, 5) is 0. The number of rotatable bonds is 4. The Morgan fingerprint density at radius 2 is 2.12 bits per heavy atom. The molecule has 0 amide bonds. The van der Waals surface area contributed by atoms with Crippen molar-refractivity contribution < 1.29 is 8.83 Å². The van der Waals surface area contributed by atoms with Crippen LogP contribution in [0.5, 0.6) is 0 Å². The number of hydrogen-bond donors (Lipinski definition) is 1. The van der Waals surface area contributed by atoms with Crippen LogP contribution in [0.3, 0.4) is 0 Å². The second kappa shape index (κ2) is 4.49. The van der Waals surface area contributed by atoms with Crippen molar-refractivity contribution in [3.05, 3.63) is 23.8 Å². The van der Waals surface area contributed by atoms with Crippen LogP contribution >= 0.6 is 0 Å². The van der Waals surface area contributed by atoms with Gasteiger partial charge in [0.15, 0.2) is 5.76 Å². The molecule has 0 radical (unpaired) electrons. The van der Waals surface area contributed by atoms with Gasteiger partial charge < -0.3 is 14.2 Å². The molecule has 2 aromatic rings. The zero-order valence-corrected chi connectivity index (χ0v) is 9.65. The van der Waals surface area contributed by atoms with E-state index < -0.39 is 0 Å². The molecule has 2 heterocycles. The van der Waals surface area contributed by atoms with Crippen LogP contribution in [-0.2, 0) is 0 Å². The number of nitrogens with one attached hydrogen (secondary N) is 1. The van der Waals surface area contributed by atoms with Crippen LogP contribution in [0.2, 0.25) is 0 Å². The summed E-state index contributed by atoms with van der Waals surface area (Å²) in [5, 5.41) is 11.1. The molecule has 0 saturated heterocycles. The molecule has 0 spiro atoms. The highest BCUT2D eigenvalue weighted by molar-refractivity contribution is 5.43. The lowest BCUT2D eigenvalue weighted by Crippen LogP contribution is -2.17. The first kappa shape index (κ1) is 10.9. The molecule has 0 saturated carbocycles. The molecule has 5 heteroatoms. The Labute approximate surface area is 93.9 Å². The lowest BCUT2D eigenvalue weighted by atomic mass is 10.3. The largest absolute Gasteiger partial charge is 0.456 e. The normalized spacial score (nSPS) is 12.9. The molecule has 0 bridgehead atoms. The lowest BCUT2D eigenvalue weighted by molar-refractivity contribution is 0.418. The maximum absolute atomic E-state index is 5.52. The van der Waals surface area contributed by atoms with Crippen LogP contribution in [0.25, 0.3) is 11.7 Å². The van der Waals surface area contributed by atoms with E-state index in [0.29, 0.717) is 17.5 Å². The number of hydrogen-bond acceptors (Lipinski definition) is 5. The minimum absolute atomic E-state index is 0.0577. The zero-order chi connectivity index (χ0) is 11.5. The maximum atomic E-state index is 5.52. The molecule has 1 atom stereocenters. The van der Waals surface area contributed by atoms with Crippen molar-refractivity contribution in [1.29, 1.82) is 0 Å². The van der Waals surface area contributed by atoms with E-state index in [4.69, 9.17) is 8.83 Å². The van der Waals surface area contributed by atoms with Crippen LogP contribution < -0.4 is 5.32 Å². The van der Waals surface area contributed by atoms with E-state index in [1.54, 1.807) is 0 Å². The molecule has 16 heavy (non-hydrogen) atoms. The fraction of sp³-hybridized carbons (Fsp3) is 0.455. The first-order chi connectivity index (χ1) is 7.70. The topological polar surface area (TPSA) is 64.1 Å². The molecule has 0 aliphatic carbocycles. The zero-order valence-electron chi connectivity index (χ0n) is 9.65. The average Bonchev–Trinajstić information content (AvgIpc) is 2.85. The molecule has 5 nitrogen and oxygen atoms in total. The third-order valence-electron chi connectivity index (χ3n) is 2.27. The van der Waals surface area contributed by atoms with Crippen molar-refractivity contribution in [3.63, 3.8) is 0 Å². The Morgan fingerprint density at radius 1 is 1.31 bits per heavy atom. The Kier molecular flexibility index (Phi) is 3.05. The molecule has 1 unspecified atom stereocenters. The Bertz CT molecular complexity index is 461. The van der Waals surface area contributed by atoms with Crippen LogP contribution in [0.1, 0.15) is 31.5 Å². The van der Waals surface area contributed by atoms with E-state index in [0.717, 1.165) is 12.3 Å². The summed E-state index contributed by atoms with van der Waals surface area (Å²) in [5.41, 5.74) is 0. The van der Waals surface area contributed by atoms with Gasteiger partial charge in [-0.15, -0.1) is 10.2 Å². The van der Waals surface area contributed by atoms with Crippen molar-refractivity contribution in [2.24, 2.45) is 0 Å². The maximum Gasteiger partial charge on any atom is 0.283 e. The monoisotopic (exact) mass is 221 g/mol. The van der Waals surface area contributed by atoms with Crippen LogP contribution in [0, 0.1) is 6.92 Å². The number of furan rings is 1. The molecule has 0 aromatic carbocycles. The van der Waals surface area contributed by atoms with E-state index in [2.05, 4.69) is 15.5 Å².